The molecule has 0 saturated heterocycles. The van der Waals surface area contributed by atoms with E-state index in [9.17, 15) is 5.11 Å². The fourth-order valence-corrected chi connectivity index (χ4v) is 1.48. The van der Waals surface area contributed by atoms with Gasteiger partial charge >= 0.3 is 0 Å². The first-order valence-electron chi connectivity index (χ1n) is 4.66. The Morgan fingerprint density at radius 3 is 2.50 bits per heavy atom. The van der Waals surface area contributed by atoms with Crippen molar-refractivity contribution in [2.24, 2.45) is 0 Å². The Hall–Kier alpha value is -2.54. The van der Waals surface area contributed by atoms with Gasteiger partial charge in [-0.1, -0.05) is 12.1 Å². The lowest BCUT2D eigenvalue weighted by molar-refractivity contribution is 0.475. The van der Waals surface area contributed by atoms with Crippen molar-refractivity contribution in [1.82, 2.24) is 4.98 Å². The van der Waals surface area contributed by atoms with Crippen molar-refractivity contribution >= 4 is 5.82 Å². The van der Waals surface area contributed by atoms with E-state index in [2.05, 4.69) is 4.98 Å². The Kier molecular flexibility index (Phi) is 2.44. The van der Waals surface area contributed by atoms with Crippen molar-refractivity contribution < 1.29 is 5.11 Å². The van der Waals surface area contributed by atoms with Gasteiger partial charge in [0, 0.05) is 11.8 Å². The van der Waals surface area contributed by atoms with Gasteiger partial charge in [0.2, 0.25) is 0 Å². The van der Waals surface area contributed by atoms with Crippen molar-refractivity contribution in [3.63, 3.8) is 0 Å². The molecule has 1 heterocycles. The van der Waals surface area contributed by atoms with Crippen molar-refractivity contribution in [3.05, 3.63) is 42.1 Å². The Labute approximate surface area is 92.6 Å². The number of anilines is 1. The lowest BCUT2D eigenvalue weighted by Gasteiger charge is -2.05. The maximum absolute atomic E-state index is 9.18. The highest BCUT2D eigenvalue weighted by molar-refractivity contribution is 5.75. The summed E-state index contributed by atoms with van der Waals surface area (Å²) in [5.41, 5.74) is 7.51. The molecule has 78 valence electrons. The number of aromatic nitrogens is 1. The molecule has 0 aliphatic carbocycles. The lowest BCUT2D eigenvalue weighted by atomic mass is 10.0. The number of hydrogen-bond donors (Lipinski definition) is 2. The van der Waals surface area contributed by atoms with Crippen LogP contribution in [0.2, 0.25) is 0 Å². The number of nitrogens with zero attached hydrogens (tertiary/aromatic N) is 2. The number of nitrogen functional groups attached to an aromatic ring is 1. The van der Waals surface area contributed by atoms with Crippen LogP contribution in [-0.2, 0) is 0 Å². The Bertz CT molecular complexity index is 555. The van der Waals surface area contributed by atoms with Crippen LogP contribution in [0.4, 0.5) is 5.82 Å². The van der Waals surface area contributed by atoms with E-state index in [1.54, 1.807) is 36.5 Å². The highest BCUT2D eigenvalue weighted by atomic mass is 16.3. The highest BCUT2D eigenvalue weighted by Gasteiger charge is 2.08. The highest BCUT2D eigenvalue weighted by Crippen LogP contribution is 2.26. The molecule has 0 fully saturated rings. The molecule has 16 heavy (non-hydrogen) atoms. The minimum atomic E-state index is 0.185. The van der Waals surface area contributed by atoms with Gasteiger partial charge in [-0.15, -0.1) is 0 Å². The maximum Gasteiger partial charge on any atom is 0.141 e. The van der Waals surface area contributed by atoms with E-state index in [0.29, 0.717) is 5.56 Å². The van der Waals surface area contributed by atoms with Crippen LogP contribution in [0.1, 0.15) is 5.56 Å². The molecule has 0 aliphatic rings. The van der Waals surface area contributed by atoms with E-state index >= 15 is 0 Å². The van der Waals surface area contributed by atoms with Crippen LogP contribution in [0, 0.1) is 11.3 Å². The molecule has 0 amide bonds. The van der Waals surface area contributed by atoms with Gasteiger partial charge in [0.1, 0.15) is 23.2 Å². The number of phenolic OH excluding ortho intramolecular Hbond substituents is 1. The van der Waals surface area contributed by atoms with Crippen molar-refractivity contribution in [3.8, 4) is 22.9 Å². The number of nitriles is 1. The summed E-state index contributed by atoms with van der Waals surface area (Å²) in [6.45, 7) is 0. The largest absolute Gasteiger partial charge is 0.508 e. The van der Waals surface area contributed by atoms with Crippen LogP contribution in [0.25, 0.3) is 11.1 Å². The summed E-state index contributed by atoms with van der Waals surface area (Å²) in [5, 5.41) is 18.2. The predicted octanol–water partition coefficient (Wildman–Crippen LogP) is 1.91. The average Bonchev–Trinajstić information content (AvgIpc) is 2.30. The number of phenols is 1. The molecular formula is C12H9N3O. The number of rotatable bonds is 1. The van der Waals surface area contributed by atoms with Crippen molar-refractivity contribution in [2.75, 3.05) is 5.73 Å². The lowest BCUT2D eigenvalue weighted by Crippen LogP contribution is -1.96. The van der Waals surface area contributed by atoms with Crippen LogP contribution >= 0.6 is 0 Å². The zero-order valence-electron chi connectivity index (χ0n) is 8.38. The van der Waals surface area contributed by atoms with Gasteiger partial charge in [0.15, 0.2) is 0 Å². The number of hydrogen-bond acceptors (Lipinski definition) is 4. The Morgan fingerprint density at radius 1 is 1.19 bits per heavy atom. The molecule has 0 spiro atoms. The monoisotopic (exact) mass is 211 g/mol. The molecule has 0 saturated carbocycles. The molecule has 2 aromatic rings. The van der Waals surface area contributed by atoms with Gasteiger partial charge in [-0.3, -0.25) is 0 Å². The Morgan fingerprint density at radius 2 is 1.88 bits per heavy atom. The van der Waals surface area contributed by atoms with E-state index in [1.807, 2.05) is 6.07 Å². The first-order chi connectivity index (χ1) is 7.72. The standard InChI is InChI=1S/C12H9N3O/c13-7-11-10(5-6-15-12(11)14)8-1-3-9(16)4-2-8/h1-6,16H,(H2,14,15). The quantitative estimate of drug-likeness (QED) is 0.754. The second kappa shape index (κ2) is 3.91. The molecule has 4 heteroatoms. The molecule has 0 bridgehead atoms. The third-order valence-electron chi connectivity index (χ3n) is 2.27. The van der Waals surface area contributed by atoms with Crippen LogP contribution in [0.15, 0.2) is 36.5 Å². The minimum Gasteiger partial charge on any atom is -0.508 e. The summed E-state index contributed by atoms with van der Waals surface area (Å²) in [6, 6.07) is 10.3. The molecule has 3 N–H and O–H groups in total. The number of benzene rings is 1. The van der Waals surface area contributed by atoms with Crippen LogP contribution in [-0.4, -0.2) is 10.1 Å². The predicted molar refractivity (Wildman–Crippen MR) is 60.5 cm³/mol. The van der Waals surface area contributed by atoms with Crippen molar-refractivity contribution in [2.45, 2.75) is 0 Å². The summed E-state index contributed by atoms with van der Waals surface area (Å²) < 4.78 is 0. The third kappa shape index (κ3) is 1.66. The van der Waals surface area contributed by atoms with E-state index < -0.39 is 0 Å². The summed E-state index contributed by atoms with van der Waals surface area (Å²) >= 11 is 0. The van der Waals surface area contributed by atoms with E-state index in [-0.39, 0.29) is 11.6 Å². The molecule has 0 aliphatic heterocycles. The molecule has 4 nitrogen and oxygen atoms in total. The number of pyridine rings is 1. The summed E-state index contributed by atoms with van der Waals surface area (Å²) in [7, 11) is 0. The van der Waals surface area contributed by atoms with E-state index in [1.165, 1.54) is 0 Å². The summed E-state index contributed by atoms with van der Waals surface area (Å²) in [5.74, 6) is 0.400. The second-order valence-electron chi connectivity index (χ2n) is 3.28. The third-order valence-corrected chi connectivity index (χ3v) is 2.27. The fourth-order valence-electron chi connectivity index (χ4n) is 1.48. The molecule has 0 atom stereocenters. The molecular weight excluding hydrogens is 202 g/mol. The second-order valence-corrected chi connectivity index (χ2v) is 3.28. The van der Waals surface area contributed by atoms with Gasteiger partial charge < -0.3 is 10.8 Å². The van der Waals surface area contributed by atoms with E-state index in [0.717, 1.165) is 11.1 Å². The first-order valence-corrected chi connectivity index (χ1v) is 4.66. The molecule has 1 aromatic heterocycles. The van der Waals surface area contributed by atoms with Gasteiger partial charge in [-0.05, 0) is 23.8 Å². The van der Waals surface area contributed by atoms with Crippen LogP contribution < -0.4 is 5.73 Å². The topological polar surface area (TPSA) is 82.9 Å². The Balaban J connectivity index is 2.61. The fraction of sp³-hybridized carbons (Fsp3) is 0. The maximum atomic E-state index is 9.18. The molecule has 0 unspecified atom stereocenters. The zero-order valence-corrected chi connectivity index (χ0v) is 8.38. The minimum absolute atomic E-state index is 0.185. The smallest absolute Gasteiger partial charge is 0.141 e. The first kappa shape index (κ1) is 9.99. The van der Waals surface area contributed by atoms with Gasteiger partial charge in [0.25, 0.3) is 0 Å². The zero-order chi connectivity index (χ0) is 11.5. The SMILES string of the molecule is N#Cc1c(-c2ccc(O)cc2)ccnc1N. The summed E-state index contributed by atoms with van der Waals surface area (Å²) in [4.78, 5) is 3.86. The van der Waals surface area contributed by atoms with Gasteiger partial charge in [0.05, 0.1) is 0 Å². The molecule has 0 radical (unpaired) electrons. The van der Waals surface area contributed by atoms with Crippen LogP contribution in [0.3, 0.4) is 0 Å². The number of nitrogens with two attached hydrogens (primary N) is 1. The van der Waals surface area contributed by atoms with Crippen LogP contribution in [0.5, 0.6) is 5.75 Å². The van der Waals surface area contributed by atoms with Gasteiger partial charge in [-0.2, -0.15) is 5.26 Å². The average molecular weight is 211 g/mol. The molecule has 2 rings (SSSR count). The van der Waals surface area contributed by atoms with Crippen molar-refractivity contribution in [1.29, 1.82) is 5.26 Å². The number of aromatic hydroxyl groups is 1. The van der Waals surface area contributed by atoms with E-state index in [4.69, 9.17) is 11.0 Å². The molecule has 1 aromatic carbocycles. The summed E-state index contributed by atoms with van der Waals surface area (Å²) in [6.07, 6.45) is 1.55. The van der Waals surface area contributed by atoms with Gasteiger partial charge in [-0.25, -0.2) is 4.98 Å². The normalized spacial score (nSPS) is 9.69.